The number of carbonyl (C=O) groups excluding carboxylic acids is 1. The molecule has 1 N–H and O–H groups in total. The molecular weight excluding hydrogens is 327 g/mol. The molecule has 0 bridgehead atoms. The first-order valence-electron chi connectivity index (χ1n) is 6.15. The van der Waals surface area contributed by atoms with Crippen LogP contribution in [0.25, 0.3) is 6.08 Å². The zero-order chi connectivity index (χ0) is 16.1. The Kier molecular flexibility index (Phi) is 5.14. The highest BCUT2D eigenvalue weighted by Gasteiger charge is 2.09. The van der Waals surface area contributed by atoms with E-state index in [1.807, 2.05) is 0 Å². The average Bonchev–Trinajstić information content (AvgIpc) is 2.49. The first kappa shape index (κ1) is 16.0. The number of hydrogen-bond donors (Lipinski definition) is 1. The average molecular weight is 337 g/mol. The molecule has 1 amide bonds. The number of benzene rings is 2. The zero-order valence-corrected chi connectivity index (χ0v) is 12.6. The van der Waals surface area contributed by atoms with Crippen molar-refractivity contribution in [2.75, 3.05) is 5.32 Å². The molecule has 0 saturated heterocycles. The summed E-state index contributed by atoms with van der Waals surface area (Å²) >= 11 is 11.6. The Morgan fingerprint density at radius 2 is 1.86 bits per heavy atom. The Hall–Kier alpha value is -2.37. The maximum Gasteiger partial charge on any atom is 0.276 e. The molecular formula is C15H10Cl2N2O3. The molecule has 0 heterocycles. The highest BCUT2D eigenvalue weighted by atomic mass is 35.5. The van der Waals surface area contributed by atoms with E-state index in [-0.39, 0.29) is 5.69 Å². The second-order valence-electron chi connectivity index (χ2n) is 4.27. The number of nitrogens with one attached hydrogen (secondary N) is 1. The van der Waals surface area contributed by atoms with Gasteiger partial charge in [-0.3, -0.25) is 14.9 Å². The summed E-state index contributed by atoms with van der Waals surface area (Å²) in [4.78, 5) is 22.2. The van der Waals surface area contributed by atoms with Gasteiger partial charge in [0.05, 0.1) is 20.5 Å². The van der Waals surface area contributed by atoms with Gasteiger partial charge in [-0.05, 0) is 30.3 Å². The Labute approximate surface area is 136 Å². The second-order valence-corrected chi connectivity index (χ2v) is 5.08. The van der Waals surface area contributed by atoms with E-state index in [9.17, 15) is 14.9 Å². The van der Waals surface area contributed by atoms with Gasteiger partial charge in [0.25, 0.3) is 5.69 Å². The van der Waals surface area contributed by atoms with Crippen molar-refractivity contribution < 1.29 is 9.72 Å². The van der Waals surface area contributed by atoms with Gasteiger partial charge in [0.2, 0.25) is 5.91 Å². The minimum absolute atomic E-state index is 0.0684. The summed E-state index contributed by atoms with van der Waals surface area (Å²) in [7, 11) is 0. The van der Waals surface area contributed by atoms with Crippen LogP contribution >= 0.6 is 23.2 Å². The number of para-hydroxylation sites is 1. The van der Waals surface area contributed by atoms with Gasteiger partial charge in [0.15, 0.2) is 0 Å². The van der Waals surface area contributed by atoms with Crippen molar-refractivity contribution in [2.24, 2.45) is 0 Å². The van der Waals surface area contributed by atoms with E-state index in [4.69, 9.17) is 23.2 Å². The monoisotopic (exact) mass is 336 g/mol. The molecule has 0 spiro atoms. The van der Waals surface area contributed by atoms with E-state index in [2.05, 4.69) is 5.32 Å². The van der Waals surface area contributed by atoms with Gasteiger partial charge in [-0.1, -0.05) is 35.3 Å². The molecule has 0 radical (unpaired) electrons. The van der Waals surface area contributed by atoms with Gasteiger partial charge in [-0.15, -0.1) is 0 Å². The van der Waals surface area contributed by atoms with Gasteiger partial charge >= 0.3 is 0 Å². The molecule has 2 aromatic carbocycles. The third kappa shape index (κ3) is 4.07. The normalized spacial score (nSPS) is 10.6. The lowest BCUT2D eigenvalue weighted by atomic mass is 10.1. The minimum Gasteiger partial charge on any atom is -0.322 e. The molecule has 0 saturated carbocycles. The van der Waals surface area contributed by atoms with E-state index in [1.165, 1.54) is 24.3 Å². The summed E-state index contributed by atoms with van der Waals surface area (Å²) in [5, 5.41) is 14.2. The number of amides is 1. The Balaban J connectivity index is 2.12. The number of rotatable bonds is 4. The molecule has 7 heteroatoms. The van der Waals surface area contributed by atoms with Gasteiger partial charge in [0, 0.05) is 17.8 Å². The lowest BCUT2D eigenvalue weighted by Crippen LogP contribution is -2.07. The summed E-state index contributed by atoms with van der Waals surface area (Å²) in [5.74, 6) is -0.434. The number of anilines is 1. The first-order chi connectivity index (χ1) is 10.5. The van der Waals surface area contributed by atoms with Crippen LogP contribution in [-0.2, 0) is 4.79 Å². The van der Waals surface area contributed by atoms with Gasteiger partial charge < -0.3 is 5.32 Å². The van der Waals surface area contributed by atoms with E-state index >= 15 is 0 Å². The SMILES string of the molecule is O=C(/C=C/c1ccccc1[N+](=O)[O-])Nc1ccc(Cl)c(Cl)c1. The molecule has 112 valence electrons. The first-order valence-corrected chi connectivity index (χ1v) is 6.90. The molecule has 0 aliphatic rings. The predicted octanol–water partition coefficient (Wildman–Crippen LogP) is 4.55. The van der Waals surface area contributed by atoms with Crippen molar-refractivity contribution in [3.8, 4) is 0 Å². The fourth-order valence-corrected chi connectivity index (χ4v) is 2.02. The van der Waals surface area contributed by atoms with E-state index in [1.54, 1.807) is 30.3 Å². The Morgan fingerprint density at radius 3 is 2.55 bits per heavy atom. The van der Waals surface area contributed by atoms with Crippen LogP contribution in [0.2, 0.25) is 10.0 Å². The summed E-state index contributed by atoms with van der Waals surface area (Å²) in [6.07, 6.45) is 2.59. The molecule has 0 aromatic heterocycles. The third-order valence-electron chi connectivity index (χ3n) is 2.73. The number of hydrogen-bond acceptors (Lipinski definition) is 3. The van der Waals surface area contributed by atoms with Crippen molar-refractivity contribution in [1.29, 1.82) is 0 Å². The lowest BCUT2D eigenvalue weighted by molar-refractivity contribution is -0.385. The molecule has 0 aliphatic carbocycles. The highest BCUT2D eigenvalue weighted by Crippen LogP contribution is 2.25. The standard InChI is InChI=1S/C15H10Cl2N2O3/c16-12-7-6-11(9-13(12)17)18-15(20)8-5-10-3-1-2-4-14(10)19(21)22/h1-9H,(H,18,20)/b8-5+. The van der Waals surface area contributed by atoms with Crippen molar-refractivity contribution >= 4 is 46.6 Å². The zero-order valence-electron chi connectivity index (χ0n) is 11.1. The van der Waals surface area contributed by atoms with Crippen molar-refractivity contribution in [2.45, 2.75) is 0 Å². The number of nitro groups is 1. The summed E-state index contributed by atoms with van der Waals surface area (Å²) < 4.78 is 0. The molecule has 5 nitrogen and oxygen atoms in total. The highest BCUT2D eigenvalue weighted by molar-refractivity contribution is 6.42. The molecule has 0 unspecified atom stereocenters. The number of nitro benzene ring substituents is 1. The smallest absolute Gasteiger partial charge is 0.276 e. The summed E-state index contributed by atoms with van der Waals surface area (Å²) in [5.41, 5.74) is 0.754. The molecule has 2 aromatic rings. The largest absolute Gasteiger partial charge is 0.322 e. The second kappa shape index (κ2) is 7.06. The number of halogens is 2. The van der Waals surface area contributed by atoms with Crippen LogP contribution in [0.1, 0.15) is 5.56 Å². The number of carbonyl (C=O) groups is 1. The lowest BCUT2D eigenvalue weighted by Gasteiger charge is -2.03. The fourth-order valence-electron chi connectivity index (χ4n) is 1.72. The van der Waals surface area contributed by atoms with Crippen LogP contribution in [0.3, 0.4) is 0 Å². The predicted molar refractivity (Wildman–Crippen MR) is 87.2 cm³/mol. The summed E-state index contributed by atoms with van der Waals surface area (Å²) in [6, 6.07) is 10.8. The van der Waals surface area contributed by atoms with Crippen LogP contribution in [-0.4, -0.2) is 10.8 Å². The molecule has 2 rings (SSSR count). The van der Waals surface area contributed by atoms with Crippen molar-refractivity contribution in [3.05, 3.63) is 74.3 Å². The summed E-state index contributed by atoms with van der Waals surface area (Å²) in [6.45, 7) is 0. The fraction of sp³-hybridized carbons (Fsp3) is 0. The van der Waals surface area contributed by atoms with Crippen LogP contribution < -0.4 is 5.32 Å². The van der Waals surface area contributed by atoms with Gasteiger partial charge in [0.1, 0.15) is 0 Å². The van der Waals surface area contributed by atoms with Gasteiger partial charge in [-0.2, -0.15) is 0 Å². The topological polar surface area (TPSA) is 72.2 Å². The van der Waals surface area contributed by atoms with Crippen LogP contribution in [0, 0.1) is 10.1 Å². The maximum atomic E-state index is 11.8. The van der Waals surface area contributed by atoms with E-state index in [0.717, 1.165) is 0 Å². The maximum absolute atomic E-state index is 11.8. The number of nitrogens with zero attached hydrogens (tertiary/aromatic N) is 1. The van der Waals surface area contributed by atoms with Crippen LogP contribution in [0.15, 0.2) is 48.5 Å². The quantitative estimate of drug-likeness (QED) is 0.505. The van der Waals surface area contributed by atoms with Crippen LogP contribution in [0.4, 0.5) is 11.4 Å². The molecule has 22 heavy (non-hydrogen) atoms. The van der Waals surface area contributed by atoms with E-state index < -0.39 is 10.8 Å². The Morgan fingerprint density at radius 1 is 1.14 bits per heavy atom. The van der Waals surface area contributed by atoms with Crippen molar-refractivity contribution in [3.63, 3.8) is 0 Å². The van der Waals surface area contributed by atoms with Gasteiger partial charge in [-0.25, -0.2) is 0 Å². The van der Waals surface area contributed by atoms with Crippen molar-refractivity contribution in [1.82, 2.24) is 0 Å². The molecule has 0 atom stereocenters. The molecule has 0 fully saturated rings. The van der Waals surface area contributed by atoms with E-state index in [0.29, 0.717) is 21.3 Å². The van der Waals surface area contributed by atoms with Crippen LogP contribution in [0.5, 0.6) is 0 Å². The minimum atomic E-state index is -0.503. The Bertz CT molecular complexity index is 760. The third-order valence-corrected chi connectivity index (χ3v) is 3.47. The molecule has 0 aliphatic heterocycles.